The van der Waals surface area contributed by atoms with Gasteiger partial charge in [0.2, 0.25) is 11.8 Å². The second-order valence-corrected chi connectivity index (χ2v) is 16.9. The molecule has 15 heteroatoms. The molecule has 1 unspecified atom stereocenters. The highest BCUT2D eigenvalue weighted by Crippen LogP contribution is 2.50. The van der Waals surface area contributed by atoms with E-state index in [1.54, 1.807) is 4.90 Å². The number of likely N-dealkylation sites (tertiary alicyclic amines) is 1. The molecule has 5 atom stereocenters. The number of piperidine rings is 1. The smallest absolute Gasteiger partial charge is 0.407 e. The number of imidazole rings is 2. The van der Waals surface area contributed by atoms with Gasteiger partial charge >= 0.3 is 12.2 Å². The topological polar surface area (TPSA) is 184 Å². The minimum Gasteiger partial charge on any atom is -0.453 e. The molecule has 2 aromatic heterocycles. The highest BCUT2D eigenvalue weighted by molar-refractivity contribution is 6.05. The largest absolute Gasteiger partial charge is 0.453 e. The highest BCUT2D eigenvalue weighted by Gasteiger charge is 2.51. The van der Waals surface area contributed by atoms with Gasteiger partial charge in [0.25, 0.3) is 0 Å². The first-order valence-electron chi connectivity index (χ1n) is 21.7. The highest BCUT2D eigenvalue weighted by atomic mass is 16.5. The van der Waals surface area contributed by atoms with Crippen LogP contribution in [0.1, 0.15) is 77.0 Å². The van der Waals surface area contributed by atoms with Crippen LogP contribution >= 0.6 is 0 Å². The quantitative estimate of drug-likeness (QED) is 0.0877. The fourth-order valence-electron chi connectivity index (χ4n) is 9.41. The number of carbonyl (C=O) groups is 4. The summed E-state index contributed by atoms with van der Waals surface area (Å²) in [5, 5.41) is 7.51. The van der Waals surface area contributed by atoms with Crippen LogP contribution in [-0.4, -0.2) is 106 Å². The molecule has 0 spiro atoms. The molecule has 4 heterocycles. The van der Waals surface area contributed by atoms with Gasteiger partial charge in [0.15, 0.2) is 0 Å². The van der Waals surface area contributed by atoms with Crippen molar-refractivity contribution in [1.82, 2.24) is 40.4 Å². The number of carbonyl (C=O) groups excluding carboxylic acids is 4. The summed E-state index contributed by atoms with van der Waals surface area (Å²) >= 11 is 0. The van der Waals surface area contributed by atoms with Crippen molar-refractivity contribution in [3.8, 4) is 22.4 Å². The van der Waals surface area contributed by atoms with Crippen molar-refractivity contribution in [2.24, 2.45) is 11.8 Å². The van der Waals surface area contributed by atoms with Crippen LogP contribution in [0.25, 0.3) is 44.2 Å². The maximum atomic E-state index is 14.0. The van der Waals surface area contributed by atoms with E-state index >= 15 is 0 Å². The van der Waals surface area contributed by atoms with Crippen LogP contribution in [-0.2, 0) is 30.3 Å². The Kier molecular flexibility index (Phi) is 12.6. The Balaban J connectivity index is 0.982. The molecule has 2 saturated heterocycles. The summed E-state index contributed by atoms with van der Waals surface area (Å²) in [5.41, 5.74) is 6.73. The number of hydrogen-bond donors (Lipinski definition) is 4. The molecule has 0 radical (unpaired) electrons. The van der Waals surface area contributed by atoms with Crippen LogP contribution in [0.3, 0.4) is 0 Å². The van der Waals surface area contributed by atoms with E-state index < -0.39 is 24.3 Å². The third-order valence-corrected chi connectivity index (χ3v) is 12.6. The minimum absolute atomic E-state index is 0.0985. The average Bonchev–Trinajstić information content (AvgIpc) is 4.12. The summed E-state index contributed by atoms with van der Waals surface area (Å²) in [7, 11) is 2.59. The fraction of sp³-hybridized carbons (Fsp3) is 0.447. The lowest BCUT2D eigenvalue weighted by molar-refractivity contribution is -0.139. The first-order valence-corrected chi connectivity index (χ1v) is 21.7. The number of methoxy groups -OCH3 is 2. The van der Waals surface area contributed by atoms with Gasteiger partial charge in [-0.25, -0.2) is 19.6 Å². The number of fused-ring (bicyclic) bond motifs is 5. The Morgan fingerprint density at radius 2 is 1.66 bits per heavy atom. The molecule has 4 amide bonds. The van der Waals surface area contributed by atoms with E-state index in [0.717, 1.165) is 81.3 Å². The van der Waals surface area contributed by atoms with Gasteiger partial charge in [-0.2, -0.15) is 0 Å². The van der Waals surface area contributed by atoms with Crippen molar-refractivity contribution in [1.29, 1.82) is 0 Å². The third kappa shape index (κ3) is 8.76. The number of hydrogen-bond acceptors (Lipinski definition) is 9. The van der Waals surface area contributed by atoms with Crippen molar-refractivity contribution < 1.29 is 33.4 Å². The number of rotatable bonds is 13. The van der Waals surface area contributed by atoms with Gasteiger partial charge < -0.3 is 44.6 Å². The van der Waals surface area contributed by atoms with Crippen molar-refractivity contribution in [3.05, 3.63) is 84.1 Å². The zero-order chi connectivity index (χ0) is 43.5. The molecule has 2 bridgehead atoms. The summed E-state index contributed by atoms with van der Waals surface area (Å²) < 4.78 is 15.2. The van der Waals surface area contributed by atoms with Crippen molar-refractivity contribution in [2.75, 3.05) is 34.0 Å². The molecule has 1 aliphatic carbocycles. The molecular formula is C47H56N8O7. The molecule has 3 aliphatic rings. The lowest BCUT2D eigenvalue weighted by Gasteiger charge is -2.37. The van der Waals surface area contributed by atoms with Crippen LogP contribution in [0.2, 0.25) is 0 Å². The van der Waals surface area contributed by atoms with Crippen LogP contribution in [0.5, 0.6) is 0 Å². The van der Waals surface area contributed by atoms with Crippen molar-refractivity contribution in [3.63, 3.8) is 0 Å². The van der Waals surface area contributed by atoms with Gasteiger partial charge in [0.1, 0.15) is 23.7 Å². The maximum Gasteiger partial charge on any atom is 0.407 e. The summed E-state index contributed by atoms with van der Waals surface area (Å²) in [6.45, 7) is 7.78. The van der Waals surface area contributed by atoms with Crippen LogP contribution in [0.15, 0.2) is 72.4 Å². The number of H-pyrrole nitrogens is 2. The number of benzene rings is 3. The Labute approximate surface area is 361 Å². The van der Waals surface area contributed by atoms with Crippen molar-refractivity contribution in [2.45, 2.75) is 90.0 Å². The Bertz CT molecular complexity index is 2470. The molecule has 62 heavy (non-hydrogen) atoms. The van der Waals surface area contributed by atoms with E-state index in [2.05, 4.69) is 69.1 Å². The molecule has 4 N–H and O–H groups in total. The van der Waals surface area contributed by atoms with E-state index in [0.29, 0.717) is 44.3 Å². The molecule has 8 rings (SSSR count). The summed E-state index contributed by atoms with van der Waals surface area (Å²) in [6, 6.07) is 17.2. The van der Waals surface area contributed by atoms with E-state index in [-0.39, 0.29) is 36.4 Å². The predicted molar refractivity (Wildman–Crippen MR) is 235 cm³/mol. The third-order valence-electron chi connectivity index (χ3n) is 12.6. The molecule has 326 valence electrons. The van der Waals surface area contributed by atoms with Crippen molar-refractivity contribution >= 4 is 45.8 Å². The standard InChI is InChI=1S/C47H56N8O7/c1-6-19-54(44(56)37(51-46(58)60-4)22-28-17-20-62-21-18-28)26-39-49-36-16-13-32-23-31(12-15-35(32)41(36)52-39)29-7-9-30(10-8-29)38-25-48-43(50-38)42-33-11-14-34(24-33)55(42)45(57)40(27(2)3)53-47(59)61-5/h7-10,12-13,15-16,22-23,25,27,33-34,37,40,42H,6,11,14,17-21,24,26H2,1-5H3,(H,48,50)(H,49,52)(H,51,58)(H,53,59)/t33-,34+,37-,40-,42?/m0/s1. The first-order chi connectivity index (χ1) is 30.0. The normalized spacial score (nSPS) is 19.4. The Morgan fingerprint density at radius 1 is 0.935 bits per heavy atom. The second kappa shape index (κ2) is 18.4. The number of nitrogens with one attached hydrogen (secondary N) is 4. The molecule has 3 fully saturated rings. The SMILES string of the molecule is CCCN(Cc1nc2c(ccc3cc(-c4ccc(-c5cnc(C6[C@H]7CC[C@H](C7)N6C(=O)[C@@H](NC(=O)OC)C(C)C)[nH]5)cc4)ccc32)[nH]1)C(=O)[C@H](C=C1CCOCC1)NC(=O)OC. The van der Waals surface area contributed by atoms with Gasteiger partial charge in [-0.3, -0.25) is 9.59 Å². The number of aromatic nitrogens is 4. The Hall–Kier alpha value is -6.22. The second-order valence-electron chi connectivity index (χ2n) is 16.9. The van der Waals surface area contributed by atoms with Gasteiger partial charge in [0.05, 0.1) is 62.9 Å². The van der Waals surface area contributed by atoms with Gasteiger partial charge in [-0.1, -0.05) is 74.9 Å². The molecule has 5 aromatic rings. The lowest BCUT2D eigenvalue weighted by Crippen LogP contribution is -2.54. The molecular weight excluding hydrogens is 789 g/mol. The van der Waals surface area contributed by atoms with Crippen LogP contribution in [0, 0.1) is 11.8 Å². The predicted octanol–water partition coefficient (Wildman–Crippen LogP) is 7.41. The van der Waals surface area contributed by atoms with Gasteiger partial charge in [-0.05, 0) is 84.6 Å². The number of nitrogens with zero attached hydrogens (tertiary/aromatic N) is 4. The zero-order valence-corrected chi connectivity index (χ0v) is 36.0. The van der Waals surface area contributed by atoms with Crippen LogP contribution < -0.4 is 10.6 Å². The maximum absolute atomic E-state index is 14.0. The van der Waals surface area contributed by atoms with Gasteiger partial charge in [0, 0.05) is 18.0 Å². The molecule has 15 nitrogen and oxygen atoms in total. The molecule has 2 aliphatic heterocycles. The van der Waals surface area contributed by atoms with E-state index in [1.807, 2.05) is 44.0 Å². The first kappa shape index (κ1) is 42.5. The summed E-state index contributed by atoms with van der Waals surface area (Å²) in [5.74, 6) is 1.29. The number of aromatic amines is 2. The molecule has 3 aromatic carbocycles. The minimum atomic E-state index is -0.867. The fourth-order valence-corrected chi connectivity index (χ4v) is 9.41. The van der Waals surface area contributed by atoms with E-state index in [1.165, 1.54) is 14.2 Å². The summed E-state index contributed by atoms with van der Waals surface area (Å²) in [4.78, 5) is 72.8. The van der Waals surface area contributed by atoms with E-state index in [9.17, 15) is 19.2 Å². The number of ether oxygens (including phenoxy) is 3. The van der Waals surface area contributed by atoms with Crippen LogP contribution in [0.4, 0.5) is 9.59 Å². The lowest BCUT2D eigenvalue weighted by atomic mass is 9.95. The van der Waals surface area contributed by atoms with Gasteiger partial charge in [-0.15, -0.1) is 0 Å². The average molecular weight is 845 g/mol. The Morgan fingerprint density at radius 3 is 2.39 bits per heavy atom. The monoisotopic (exact) mass is 844 g/mol. The zero-order valence-electron chi connectivity index (χ0n) is 36.0. The summed E-state index contributed by atoms with van der Waals surface area (Å²) in [6.07, 6.45) is 7.46. The number of alkyl carbamates (subject to hydrolysis) is 2. The van der Waals surface area contributed by atoms with E-state index in [4.69, 9.17) is 24.2 Å². The number of amides is 4. The molecule has 1 saturated carbocycles.